The van der Waals surface area contributed by atoms with Gasteiger partial charge in [-0.05, 0) is 42.7 Å². The van der Waals surface area contributed by atoms with Gasteiger partial charge in [-0.25, -0.2) is 0 Å². The van der Waals surface area contributed by atoms with Gasteiger partial charge in [-0.15, -0.1) is 0 Å². The highest BCUT2D eigenvalue weighted by Gasteiger charge is 2.17. The molecule has 7 nitrogen and oxygen atoms in total. The minimum atomic E-state index is -0.470. The molecule has 4 rings (SSSR count). The Hall–Kier alpha value is -3.48. The van der Waals surface area contributed by atoms with Crippen LogP contribution >= 0.6 is 0 Å². The third-order valence-electron chi connectivity index (χ3n) is 5.49. The molecule has 1 aliphatic rings. The Morgan fingerprint density at radius 2 is 1.84 bits per heavy atom. The van der Waals surface area contributed by atoms with E-state index >= 15 is 0 Å². The fourth-order valence-corrected chi connectivity index (χ4v) is 3.53. The third kappa shape index (κ3) is 4.50. The van der Waals surface area contributed by atoms with E-state index in [0.29, 0.717) is 31.3 Å². The second kappa shape index (κ2) is 8.71. The first-order valence-electron chi connectivity index (χ1n) is 10.2. The van der Waals surface area contributed by atoms with Crippen LogP contribution in [0.5, 0.6) is 11.5 Å². The monoisotopic (exact) mass is 423 g/mol. The van der Waals surface area contributed by atoms with Crippen LogP contribution in [0, 0.1) is 13.8 Å². The van der Waals surface area contributed by atoms with Crippen LogP contribution < -0.4 is 9.47 Å². The zero-order chi connectivity index (χ0) is 22.0. The van der Waals surface area contributed by atoms with Crippen molar-refractivity contribution in [2.24, 2.45) is 0 Å². The topological polar surface area (TPSA) is 78.2 Å². The molecule has 0 unspecified atom stereocenters. The third-order valence-corrected chi connectivity index (χ3v) is 5.49. The Morgan fingerprint density at radius 1 is 1.06 bits per heavy atom. The Labute approximate surface area is 180 Å². The van der Waals surface area contributed by atoms with Gasteiger partial charge in [0.1, 0.15) is 18.8 Å². The predicted molar refractivity (Wildman–Crippen MR) is 114 cm³/mol. The molecule has 0 N–H and O–H groups in total. The average molecular weight is 423 g/mol. The van der Waals surface area contributed by atoms with Crippen LogP contribution in [0.4, 0.5) is 0 Å². The number of likely N-dealkylation sites (N-methyl/N-ethyl adjacent to an activating group) is 1. The van der Waals surface area contributed by atoms with Gasteiger partial charge in [-0.2, -0.15) is 0 Å². The summed E-state index contributed by atoms with van der Waals surface area (Å²) in [5.74, 6) is 0.623. The van der Waals surface area contributed by atoms with Crippen LogP contribution in [-0.2, 0) is 27.3 Å². The number of nitrogens with zero attached hydrogens (tertiary/aromatic N) is 1. The van der Waals surface area contributed by atoms with Crippen molar-refractivity contribution in [2.45, 2.75) is 26.8 Å². The molecule has 31 heavy (non-hydrogen) atoms. The molecule has 0 atom stereocenters. The maximum Gasteiger partial charge on any atom is 0.310 e. The highest BCUT2D eigenvalue weighted by molar-refractivity contribution is 5.89. The van der Waals surface area contributed by atoms with Gasteiger partial charge in [0.05, 0.1) is 12.7 Å². The van der Waals surface area contributed by atoms with Gasteiger partial charge >= 0.3 is 5.97 Å². The Bertz CT molecular complexity index is 1130. The second-order valence-electron chi connectivity index (χ2n) is 7.71. The lowest BCUT2D eigenvalue weighted by Gasteiger charge is -2.21. The fourth-order valence-electron chi connectivity index (χ4n) is 3.53. The molecule has 1 aromatic heterocycles. The summed E-state index contributed by atoms with van der Waals surface area (Å²) in [6.07, 6.45) is 1.63. The maximum atomic E-state index is 12.4. The minimum Gasteiger partial charge on any atom is -0.486 e. The smallest absolute Gasteiger partial charge is 0.310 e. The molecule has 0 bridgehead atoms. The summed E-state index contributed by atoms with van der Waals surface area (Å²) in [4.78, 5) is 26.2. The molecule has 2 aromatic carbocycles. The molecule has 0 saturated carbocycles. The van der Waals surface area contributed by atoms with Crippen LogP contribution in [0.15, 0.2) is 41.0 Å². The van der Waals surface area contributed by atoms with Crippen LogP contribution in [0.25, 0.3) is 11.0 Å². The Balaban J connectivity index is 1.31. The van der Waals surface area contributed by atoms with E-state index < -0.39 is 5.97 Å². The first-order chi connectivity index (χ1) is 14.9. The Morgan fingerprint density at radius 3 is 2.65 bits per heavy atom. The number of carbonyl (C=O) groups excluding carboxylic acids is 2. The number of rotatable bonds is 6. The molecule has 1 aliphatic heterocycles. The summed E-state index contributed by atoms with van der Waals surface area (Å²) in [6, 6.07) is 9.52. The van der Waals surface area contributed by atoms with Crippen molar-refractivity contribution in [1.29, 1.82) is 0 Å². The normalized spacial score (nSPS) is 12.6. The molecule has 1 amide bonds. The second-order valence-corrected chi connectivity index (χ2v) is 7.71. The summed E-state index contributed by atoms with van der Waals surface area (Å²) in [6.45, 7) is 5.10. The van der Waals surface area contributed by atoms with Gasteiger partial charge in [0.25, 0.3) is 5.91 Å². The van der Waals surface area contributed by atoms with Crippen molar-refractivity contribution in [3.63, 3.8) is 0 Å². The lowest BCUT2D eigenvalue weighted by molar-refractivity contribution is -0.151. The number of ether oxygens (including phenoxy) is 3. The minimum absolute atomic E-state index is 0.0503. The highest BCUT2D eigenvalue weighted by atomic mass is 16.6. The standard InChI is InChI=1S/C24H25NO6/c1-15-4-6-19-18(13-31-24(19)16(15)2)11-23(27)30-14-22(26)25(3)12-17-5-7-20-21(10-17)29-9-8-28-20/h4-7,10,13H,8-9,11-12,14H2,1-3H3. The molecule has 3 aromatic rings. The van der Waals surface area contributed by atoms with Crippen molar-refractivity contribution in [2.75, 3.05) is 26.9 Å². The zero-order valence-electron chi connectivity index (χ0n) is 17.9. The molecule has 0 spiro atoms. The molecular formula is C24H25NO6. The number of hydrogen-bond acceptors (Lipinski definition) is 6. The van der Waals surface area contributed by atoms with Gasteiger partial charge < -0.3 is 23.5 Å². The molecule has 2 heterocycles. The summed E-state index contributed by atoms with van der Waals surface area (Å²) < 4.78 is 21.9. The molecule has 0 saturated heterocycles. The number of esters is 1. The summed E-state index contributed by atoms with van der Waals surface area (Å²) >= 11 is 0. The maximum absolute atomic E-state index is 12.4. The van der Waals surface area contributed by atoms with E-state index in [0.717, 1.165) is 33.2 Å². The van der Waals surface area contributed by atoms with E-state index in [-0.39, 0.29) is 18.9 Å². The van der Waals surface area contributed by atoms with Crippen LogP contribution in [-0.4, -0.2) is 43.6 Å². The van der Waals surface area contributed by atoms with Crippen molar-refractivity contribution in [3.05, 3.63) is 58.8 Å². The van der Waals surface area contributed by atoms with E-state index in [1.54, 1.807) is 13.3 Å². The van der Waals surface area contributed by atoms with E-state index in [4.69, 9.17) is 18.6 Å². The molecule has 7 heteroatoms. The molecule has 0 radical (unpaired) electrons. The fraction of sp³-hybridized carbons (Fsp3) is 0.333. The average Bonchev–Trinajstić information content (AvgIpc) is 3.17. The van der Waals surface area contributed by atoms with Crippen LogP contribution in [0.3, 0.4) is 0 Å². The molecular weight excluding hydrogens is 398 g/mol. The quantitative estimate of drug-likeness (QED) is 0.564. The van der Waals surface area contributed by atoms with Gasteiger partial charge in [-0.3, -0.25) is 9.59 Å². The number of benzene rings is 2. The first-order valence-corrected chi connectivity index (χ1v) is 10.2. The van der Waals surface area contributed by atoms with Crippen LogP contribution in [0.2, 0.25) is 0 Å². The van der Waals surface area contributed by atoms with E-state index in [1.165, 1.54) is 4.90 Å². The summed E-state index contributed by atoms with van der Waals surface area (Å²) in [5, 5.41) is 0.891. The Kier molecular flexibility index (Phi) is 5.84. The predicted octanol–water partition coefficient (Wildman–Crippen LogP) is 3.57. The number of hydrogen-bond donors (Lipinski definition) is 0. The van der Waals surface area contributed by atoms with E-state index in [2.05, 4.69) is 0 Å². The SMILES string of the molecule is Cc1ccc2c(CC(=O)OCC(=O)N(C)Cc3ccc4c(c3)OCCO4)coc2c1C. The summed E-state index contributed by atoms with van der Waals surface area (Å²) in [5.41, 5.74) is 4.61. The lowest BCUT2D eigenvalue weighted by atomic mass is 10.0. The van der Waals surface area contributed by atoms with Gasteiger partial charge in [-0.1, -0.05) is 18.2 Å². The van der Waals surface area contributed by atoms with E-state index in [9.17, 15) is 9.59 Å². The highest BCUT2D eigenvalue weighted by Crippen LogP contribution is 2.31. The van der Waals surface area contributed by atoms with Crippen molar-refractivity contribution >= 4 is 22.8 Å². The number of fused-ring (bicyclic) bond motifs is 2. The number of amides is 1. The van der Waals surface area contributed by atoms with Gasteiger partial charge in [0.2, 0.25) is 0 Å². The number of aryl methyl sites for hydroxylation is 2. The van der Waals surface area contributed by atoms with Gasteiger partial charge in [0.15, 0.2) is 18.1 Å². The van der Waals surface area contributed by atoms with Gasteiger partial charge in [0, 0.05) is 24.5 Å². The van der Waals surface area contributed by atoms with Crippen molar-refractivity contribution < 1.29 is 28.2 Å². The van der Waals surface area contributed by atoms with Crippen molar-refractivity contribution in [3.8, 4) is 11.5 Å². The largest absolute Gasteiger partial charge is 0.486 e. The lowest BCUT2D eigenvalue weighted by Crippen LogP contribution is -2.31. The number of furan rings is 1. The summed E-state index contributed by atoms with van der Waals surface area (Å²) in [7, 11) is 1.67. The van der Waals surface area contributed by atoms with Crippen molar-refractivity contribution in [1.82, 2.24) is 4.90 Å². The number of carbonyl (C=O) groups is 2. The molecule has 162 valence electrons. The van der Waals surface area contributed by atoms with Crippen LogP contribution in [0.1, 0.15) is 22.3 Å². The zero-order valence-corrected chi connectivity index (χ0v) is 17.9. The molecule has 0 fully saturated rings. The first kappa shape index (κ1) is 20.8. The molecule has 0 aliphatic carbocycles. The van der Waals surface area contributed by atoms with E-state index in [1.807, 2.05) is 44.2 Å².